The summed E-state index contributed by atoms with van der Waals surface area (Å²) in [5.41, 5.74) is 2.85. The van der Waals surface area contributed by atoms with Crippen molar-refractivity contribution in [1.29, 1.82) is 0 Å². The molecule has 0 aromatic carbocycles. The van der Waals surface area contributed by atoms with E-state index in [1.807, 2.05) is 18.5 Å². The summed E-state index contributed by atoms with van der Waals surface area (Å²) in [5, 5.41) is 7.82. The zero-order chi connectivity index (χ0) is 13.7. The van der Waals surface area contributed by atoms with E-state index in [1.165, 1.54) is 0 Å². The van der Waals surface area contributed by atoms with Crippen molar-refractivity contribution in [1.82, 2.24) is 19.7 Å². The van der Waals surface area contributed by atoms with E-state index in [0.717, 1.165) is 55.3 Å². The molecule has 1 N–H and O–H groups in total. The van der Waals surface area contributed by atoms with Gasteiger partial charge in [-0.15, -0.1) is 0 Å². The summed E-state index contributed by atoms with van der Waals surface area (Å²) in [6.07, 6.45) is 2.54. The van der Waals surface area contributed by atoms with Crippen LogP contribution in [0.2, 0.25) is 0 Å². The first-order valence-corrected chi connectivity index (χ1v) is 6.77. The number of anilines is 1. The molecule has 0 saturated carbocycles. The Morgan fingerprint density at radius 2 is 2.16 bits per heavy atom. The lowest BCUT2D eigenvalue weighted by Gasteiger charge is -2.08. The molecule has 0 aliphatic heterocycles. The number of rotatable bonds is 7. The van der Waals surface area contributed by atoms with Gasteiger partial charge in [0.05, 0.1) is 5.69 Å². The maximum absolute atomic E-state index is 5.32. The van der Waals surface area contributed by atoms with Crippen molar-refractivity contribution in [2.24, 2.45) is 0 Å². The maximum atomic E-state index is 5.32. The zero-order valence-corrected chi connectivity index (χ0v) is 11.8. The van der Waals surface area contributed by atoms with Crippen LogP contribution < -0.4 is 5.32 Å². The molecule has 0 aliphatic rings. The van der Waals surface area contributed by atoms with Gasteiger partial charge in [-0.3, -0.25) is 4.68 Å². The van der Waals surface area contributed by atoms with Crippen LogP contribution in [-0.4, -0.2) is 39.5 Å². The van der Waals surface area contributed by atoms with Crippen LogP contribution in [0.4, 0.5) is 5.82 Å². The molecule has 0 saturated heterocycles. The van der Waals surface area contributed by atoms with Crippen molar-refractivity contribution in [3.8, 4) is 0 Å². The third-order valence-corrected chi connectivity index (χ3v) is 2.96. The first-order chi connectivity index (χ1) is 9.27. The van der Waals surface area contributed by atoms with Gasteiger partial charge in [-0.2, -0.15) is 5.10 Å². The van der Waals surface area contributed by atoms with E-state index < -0.39 is 0 Å². The van der Waals surface area contributed by atoms with Gasteiger partial charge in [-0.05, 0) is 27.2 Å². The third-order valence-electron chi connectivity index (χ3n) is 2.96. The van der Waals surface area contributed by atoms with E-state index in [0.29, 0.717) is 0 Å². The van der Waals surface area contributed by atoms with Gasteiger partial charge < -0.3 is 10.1 Å². The fourth-order valence-electron chi connectivity index (χ4n) is 2.05. The van der Waals surface area contributed by atoms with Crippen LogP contribution >= 0.6 is 0 Å². The molecular weight excluding hydrogens is 242 g/mol. The van der Waals surface area contributed by atoms with E-state index >= 15 is 0 Å². The van der Waals surface area contributed by atoms with Gasteiger partial charge in [0.2, 0.25) is 0 Å². The van der Waals surface area contributed by atoms with Gasteiger partial charge in [0.1, 0.15) is 17.4 Å². The van der Waals surface area contributed by atoms with Crippen molar-refractivity contribution in [2.75, 3.05) is 25.1 Å². The van der Waals surface area contributed by atoms with E-state index in [9.17, 15) is 0 Å². The fraction of sp³-hybridized carbons (Fsp3) is 0.615. The Bertz CT molecular complexity index is 537. The van der Waals surface area contributed by atoms with Crippen LogP contribution in [0, 0.1) is 6.92 Å². The number of nitrogens with zero attached hydrogens (tertiary/aromatic N) is 4. The lowest BCUT2D eigenvalue weighted by molar-refractivity contribution is 0.147. The SMILES string of the molecule is CCOCCCNc1ncnc2c(C)nn(CC)c12. The monoisotopic (exact) mass is 263 g/mol. The molecule has 2 heterocycles. The lowest BCUT2D eigenvalue weighted by atomic mass is 10.3. The summed E-state index contributed by atoms with van der Waals surface area (Å²) in [6, 6.07) is 0. The average Bonchev–Trinajstić information content (AvgIpc) is 2.76. The zero-order valence-electron chi connectivity index (χ0n) is 11.8. The topological polar surface area (TPSA) is 64.9 Å². The Balaban J connectivity index is 2.14. The summed E-state index contributed by atoms with van der Waals surface area (Å²) >= 11 is 0. The molecule has 0 bridgehead atoms. The molecule has 2 aromatic rings. The minimum absolute atomic E-state index is 0.763. The van der Waals surface area contributed by atoms with Crippen molar-refractivity contribution in [3.05, 3.63) is 12.0 Å². The number of hydrogen-bond donors (Lipinski definition) is 1. The van der Waals surface area contributed by atoms with E-state index in [4.69, 9.17) is 4.74 Å². The highest BCUT2D eigenvalue weighted by Crippen LogP contribution is 2.21. The average molecular weight is 263 g/mol. The third kappa shape index (κ3) is 3.01. The molecule has 0 spiro atoms. The summed E-state index contributed by atoms with van der Waals surface area (Å²) in [4.78, 5) is 8.63. The molecular formula is C13H21N5O. The van der Waals surface area contributed by atoms with Crippen molar-refractivity contribution >= 4 is 16.9 Å². The minimum atomic E-state index is 0.763. The van der Waals surface area contributed by atoms with Gasteiger partial charge in [0, 0.05) is 26.3 Å². The normalized spacial score (nSPS) is 11.1. The maximum Gasteiger partial charge on any atom is 0.155 e. The molecule has 6 nitrogen and oxygen atoms in total. The van der Waals surface area contributed by atoms with Gasteiger partial charge >= 0.3 is 0 Å². The molecule has 0 aliphatic carbocycles. The highest BCUT2D eigenvalue weighted by atomic mass is 16.5. The largest absolute Gasteiger partial charge is 0.382 e. The molecule has 6 heteroatoms. The second-order valence-electron chi connectivity index (χ2n) is 4.30. The Labute approximate surface area is 113 Å². The fourth-order valence-corrected chi connectivity index (χ4v) is 2.05. The van der Waals surface area contributed by atoms with Gasteiger partial charge in [-0.25, -0.2) is 9.97 Å². The number of ether oxygens (including phenoxy) is 1. The van der Waals surface area contributed by atoms with E-state index in [2.05, 4.69) is 27.3 Å². The molecule has 0 unspecified atom stereocenters. The van der Waals surface area contributed by atoms with Gasteiger partial charge in [0.15, 0.2) is 5.82 Å². The number of nitrogens with one attached hydrogen (secondary N) is 1. The Hall–Kier alpha value is -1.69. The second kappa shape index (κ2) is 6.47. The summed E-state index contributed by atoms with van der Waals surface area (Å²) in [5.74, 6) is 0.851. The molecule has 2 rings (SSSR count). The van der Waals surface area contributed by atoms with Crippen molar-refractivity contribution in [3.63, 3.8) is 0 Å². The van der Waals surface area contributed by atoms with Crippen LogP contribution in [0.1, 0.15) is 26.0 Å². The number of fused-ring (bicyclic) bond motifs is 1. The molecule has 104 valence electrons. The van der Waals surface area contributed by atoms with Crippen LogP contribution in [0.25, 0.3) is 11.0 Å². The Kier molecular flexibility index (Phi) is 4.68. The second-order valence-corrected chi connectivity index (χ2v) is 4.30. The van der Waals surface area contributed by atoms with Crippen molar-refractivity contribution in [2.45, 2.75) is 33.7 Å². The molecule has 0 atom stereocenters. The first kappa shape index (κ1) is 13.7. The van der Waals surface area contributed by atoms with Crippen LogP contribution in [0.5, 0.6) is 0 Å². The number of aromatic nitrogens is 4. The highest BCUT2D eigenvalue weighted by Gasteiger charge is 2.12. The number of hydrogen-bond acceptors (Lipinski definition) is 5. The number of aryl methyl sites for hydroxylation is 2. The van der Waals surface area contributed by atoms with Crippen LogP contribution in [0.3, 0.4) is 0 Å². The Morgan fingerprint density at radius 1 is 1.32 bits per heavy atom. The highest BCUT2D eigenvalue weighted by molar-refractivity contribution is 5.87. The van der Waals surface area contributed by atoms with Crippen LogP contribution in [0.15, 0.2) is 6.33 Å². The minimum Gasteiger partial charge on any atom is -0.382 e. The molecule has 0 amide bonds. The molecule has 19 heavy (non-hydrogen) atoms. The molecule has 0 radical (unpaired) electrons. The van der Waals surface area contributed by atoms with Gasteiger partial charge in [0.25, 0.3) is 0 Å². The quantitative estimate of drug-likeness (QED) is 0.774. The Morgan fingerprint density at radius 3 is 2.89 bits per heavy atom. The van der Waals surface area contributed by atoms with E-state index in [1.54, 1.807) is 6.33 Å². The summed E-state index contributed by atoms with van der Waals surface area (Å²) in [6.45, 7) is 9.22. The first-order valence-electron chi connectivity index (χ1n) is 6.77. The molecule has 2 aromatic heterocycles. The van der Waals surface area contributed by atoms with Gasteiger partial charge in [-0.1, -0.05) is 0 Å². The smallest absolute Gasteiger partial charge is 0.155 e. The van der Waals surface area contributed by atoms with Crippen LogP contribution in [-0.2, 0) is 11.3 Å². The summed E-state index contributed by atoms with van der Waals surface area (Å²) in [7, 11) is 0. The predicted octanol–water partition coefficient (Wildman–Crippen LogP) is 1.99. The van der Waals surface area contributed by atoms with Crippen molar-refractivity contribution < 1.29 is 4.74 Å². The standard InChI is InChI=1S/C13H21N5O/c1-4-18-12-11(10(3)17-18)15-9-16-13(12)14-7-6-8-19-5-2/h9H,4-8H2,1-3H3,(H,14,15,16). The lowest BCUT2D eigenvalue weighted by Crippen LogP contribution is -2.09. The molecule has 0 fully saturated rings. The summed E-state index contributed by atoms with van der Waals surface area (Å²) < 4.78 is 7.26. The predicted molar refractivity (Wildman–Crippen MR) is 75.3 cm³/mol. The van der Waals surface area contributed by atoms with E-state index in [-0.39, 0.29) is 0 Å².